The van der Waals surface area contributed by atoms with Crippen LogP contribution in [0.2, 0.25) is 10.0 Å². The lowest BCUT2D eigenvalue weighted by molar-refractivity contribution is -0.157. The van der Waals surface area contributed by atoms with E-state index < -0.39 is 56.3 Å². The van der Waals surface area contributed by atoms with Crippen LogP contribution in [0.3, 0.4) is 0 Å². The van der Waals surface area contributed by atoms with Gasteiger partial charge >= 0.3 is 6.09 Å². The summed E-state index contributed by atoms with van der Waals surface area (Å²) < 4.78 is 35.0. The highest BCUT2D eigenvalue weighted by Crippen LogP contribution is 2.50. The molecule has 12 nitrogen and oxygen atoms in total. The Kier molecular flexibility index (Phi) is 8.57. The van der Waals surface area contributed by atoms with Crippen molar-refractivity contribution in [1.82, 2.24) is 10.2 Å². The smallest absolute Gasteiger partial charge is 0.405 e. The molecule has 2 aliphatic heterocycles. The average Bonchev–Trinajstić information content (AvgIpc) is 3.38. The number of anilines is 1. The van der Waals surface area contributed by atoms with Crippen LogP contribution in [0.5, 0.6) is 0 Å². The molecule has 4 rings (SSSR count). The zero-order chi connectivity index (χ0) is 29.3. The van der Waals surface area contributed by atoms with Gasteiger partial charge in [0.05, 0.1) is 15.7 Å². The third kappa shape index (κ3) is 5.59. The molecule has 0 bridgehead atoms. The van der Waals surface area contributed by atoms with E-state index in [1.54, 1.807) is 6.08 Å². The first-order valence-corrected chi connectivity index (χ1v) is 15.1. The Morgan fingerprint density at radius 3 is 2.52 bits per heavy atom. The van der Waals surface area contributed by atoms with Gasteiger partial charge < -0.3 is 26.4 Å². The molecule has 0 spiro atoms. The standard InChI is InChI=1S/C25H31Cl2N5O7S/c26-17-10-9-16(13-18(17)27)31-40(37,38)25-14-15(25)7-4-2-1-3-5-8-19(39-23(29)36)20(33)32-12-6-11-24(32,21(28)34)22(35)30-25/h4,7,9-10,13,15,19,31H,1-3,5-6,8,11-12,14H2,(H2,28,34)(H2,29,36)(H,30,35)/b7-4-. The summed E-state index contributed by atoms with van der Waals surface area (Å²) in [5.41, 5.74) is 8.86. The molecule has 4 unspecified atom stereocenters. The van der Waals surface area contributed by atoms with Gasteiger partial charge in [0.1, 0.15) is 0 Å². The number of ether oxygens (including phenoxy) is 1. The van der Waals surface area contributed by atoms with Crippen LogP contribution < -0.4 is 21.5 Å². The van der Waals surface area contributed by atoms with Crippen molar-refractivity contribution < 1.29 is 32.3 Å². The van der Waals surface area contributed by atoms with Crippen molar-refractivity contribution in [3.8, 4) is 0 Å². The predicted octanol–water partition coefficient (Wildman–Crippen LogP) is 2.40. The van der Waals surface area contributed by atoms with E-state index in [4.69, 9.17) is 39.4 Å². The number of rotatable bonds is 5. The quantitative estimate of drug-likeness (QED) is 0.288. The Labute approximate surface area is 241 Å². The largest absolute Gasteiger partial charge is 0.436 e. The van der Waals surface area contributed by atoms with Gasteiger partial charge in [0.15, 0.2) is 11.0 Å². The van der Waals surface area contributed by atoms with E-state index in [0.29, 0.717) is 19.3 Å². The van der Waals surface area contributed by atoms with Gasteiger partial charge in [-0.25, -0.2) is 13.2 Å². The number of allylic oxidation sites excluding steroid dienone is 1. The molecule has 1 aliphatic carbocycles. The number of sulfonamides is 1. The highest BCUT2D eigenvalue weighted by Gasteiger charge is 2.67. The van der Waals surface area contributed by atoms with E-state index in [-0.39, 0.29) is 48.0 Å². The number of primary amides is 2. The molecular formula is C25H31Cl2N5O7S. The topological polar surface area (TPSA) is 191 Å². The van der Waals surface area contributed by atoms with Gasteiger partial charge in [-0.15, -0.1) is 0 Å². The Morgan fingerprint density at radius 2 is 1.85 bits per heavy atom. The van der Waals surface area contributed by atoms with Crippen molar-refractivity contribution in [3.63, 3.8) is 0 Å². The van der Waals surface area contributed by atoms with Crippen molar-refractivity contribution in [2.45, 2.75) is 67.9 Å². The van der Waals surface area contributed by atoms with Crippen LogP contribution in [0.15, 0.2) is 30.4 Å². The normalized spacial score (nSPS) is 30.1. The van der Waals surface area contributed by atoms with Gasteiger partial charge in [0, 0.05) is 12.5 Å². The van der Waals surface area contributed by atoms with E-state index in [1.165, 1.54) is 18.2 Å². The number of hydrogen-bond acceptors (Lipinski definition) is 7. The lowest BCUT2D eigenvalue weighted by Gasteiger charge is -2.37. The molecule has 15 heteroatoms. The molecule has 1 saturated heterocycles. The summed E-state index contributed by atoms with van der Waals surface area (Å²) in [6, 6.07) is 4.18. The molecule has 1 aromatic carbocycles. The molecule has 1 saturated carbocycles. The Morgan fingerprint density at radius 1 is 1.10 bits per heavy atom. The highest BCUT2D eigenvalue weighted by molar-refractivity contribution is 7.94. The number of carbonyl (C=O) groups is 4. The number of nitrogens with one attached hydrogen (secondary N) is 2. The van der Waals surface area contributed by atoms with Crippen LogP contribution in [-0.2, 0) is 29.1 Å². The van der Waals surface area contributed by atoms with Crippen molar-refractivity contribution in [2.24, 2.45) is 17.4 Å². The van der Waals surface area contributed by atoms with Crippen LogP contribution in [-0.4, -0.2) is 60.2 Å². The summed E-state index contributed by atoms with van der Waals surface area (Å²) in [7, 11) is -4.33. The second-order valence-corrected chi connectivity index (χ2v) is 13.0. The van der Waals surface area contributed by atoms with Gasteiger partial charge in [-0.05, 0) is 63.1 Å². The highest BCUT2D eigenvalue weighted by atomic mass is 35.5. The molecule has 1 aromatic rings. The number of carbonyl (C=O) groups excluding carboxylic acids is 4. The van der Waals surface area contributed by atoms with E-state index >= 15 is 0 Å². The van der Waals surface area contributed by atoms with Crippen LogP contribution in [0.25, 0.3) is 0 Å². The summed E-state index contributed by atoms with van der Waals surface area (Å²) in [6.07, 6.45) is 3.83. The van der Waals surface area contributed by atoms with Crippen LogP contribution >= 0.6 is 23.2 Å². The van der Waals surface area contributed by atoms with E-state index in [9.17, 15) is 27.6 Å². The number of fused-ring (bicyclic) bond motifs is 2. The molecule has 4 atom stereocenters. The van der Waals surface area contributed by atoms with E-state index in [2.05, 4.69) is 10.0 Å². The van der Waals surface area contributed by atoms with Crippen molar-refractivity contribution in [2.75, 3.05) is 11.3 Å². The van der Waals surface area contributed by atoms with Gasteiger partial charge in [-0.2, -0.15) is 0 Å². The number of halogens is 2. The van der Waals surface area contributed by atoms with Crippen molar-refractivity contribution >= 4 is 62.7 Å². The summed E-state index contributed by atoms with van der Waals surface area (Å²) in [4.78, 5) is 51.1. The van der Waals surface area contributed by atoms with Gasteiger partial charge in [0.2, 0.25) is 5.54 Å². The summed E-state index contributed by atoms with van der Waals surface area (Å²) >= 11 is 12.0. The molecule has 0 aromatic heterocycles. The van der Waals surface area contributed by atoms with E-state index in [0.717, 1.165) is 11.3 Å². The van der Waals surface area contributed by atoms with Gasteiger partial charge in [-0.1, -0.05) is 41.8 Å². The molecule has 3 aliphatic rings. The van der Waals surface area contributed by atoms with Crippen molar-refractivity contribution in [3.05, 3.63) is 40.4 Å². The van der Waals surface area contributed by atoms with Crippen LogP contribution in [0, 0.1) is 5.92 Å². The minimum Gasteiger partial charge on any atom is -0.436 e. The number of nitrogens with two attached hydrogens (primary N) is 2. The first kappa shape index (κ1) is 29.9. The molecule has 2 fully saturated rings. The fourth-order valence-electron chi connectivity index (χ4n) is 5.41. The van der Waals surface area contributed by atoms with Crippen molar-refractivity contribution in [1.29, 1.82) is 0 Å². The first-order chi connectivity index (χ1) is 18.8. The fraction of sp³-hybridized carbons (Fsp3) is 0.520. The first-order valence-electron chi connectivity index (χ1n) is 12.9. The zero-order valence-corrected chi connectivity index (χ0v) is 23.9. The monoisotopic (exact) mass is 615 g/mol. The molecule has 2 heterocycles. The molecule has 4 amide bonds. The number of hydrogen-bond donors (Lipinski definition) is 4. The maximum Gasteiger partial charge on any atom is 0.405 e. The van der Waals surface area contributed by atoms with E-state index in [1.807, 2.05) is 6.08 Å². The maximum atomic E-state index is 13.9. The average molecular weight is 617 g/mol. The molecule has 40 heavy (non-hydrogen) atoms. The van der Waals surface area contributed by atoms with Crippen LogP contribution in [0.4, 0.5) is 10.5 Å². The second kappa shape index (κ2) is 11.5. The summed E-state index contributed by atoms with van der Waals surface area (Å²) in [5, 5.41) is 2.92. The summed E-state index contributed by atoms with van der Waals surface area (Å²) in [5.74, 6) is -3.58. The second-order valence-electron chi connectivity index (χ2n) is 10.2. The summed E-state index contributed by atoms with van der Waals surface area (Å²) in [6.45, 7) is -0.0293. The fourth-order valence-corrected chi connectivity index (χ4v) is 7.43. The third-order valence-corrected chi connectivity index (χ3v) is 10.4. The number of nitrogens with zero attached hydrogens (tertiary/aromatic N) is 1. The third-order valence-electron chi connectivity index (χ3n) is 7.61. The molecule has 0 radical (unpaired) electrons. The zero-order valence-electron chi connectivity index (χ0n) is 21.5. The lowest BCUT2D eigenvalue weighted by Crippen LogP contribution is -2.68. The number of benzene rings is 1. The molecule has 6 N–H and O–H groups in total. The SMILES string of the molecule is NC(=O)OC1CCCCC/C=C\C2CC2(S(=O)(=O)Nc2ccc(Cl)c(Cl)c2)NC(=O)C2(C(N)=O)CCCN2C1=O. The van der Waals surface area contributed by atoms with Gasteiger partial charge in [0.25, 0.3) is 27.7 Å². The van der Waals surface area contributed by atoms with Crippen LogP contribution in [0.1, 0.15) is 51.4 Å². The predicted molar refractivity (Wildman–Crippen MR) is 148 cm³/mol. The Hall–Kier alpha value is -3.03. The Bertz CT molecular complexity index is 1360. The minimum atomic E-state index is -4.33. The Balaban J connectivity index is 1.74. The number of amides is 4. The molecular weight excluding hydrogens is 585 g/mol. The minimum absolute atomic E-state index is 0.0160. The maximum absolute atomic E-state index is 13.9. The molecule has 218 valence electrons. The van der Waals surface area contributed by atoms with Gasteiger partial charge in [-0.3, -0.25) is 19.1 Å². The lowest BCUT2D eigenvalue weighted by atomic mass is 9.92.